The number of rotatable bonds is 3. The summed E-state index contributed by atoms with van der Waals surface area (Å²) in [6.45, 7) is 5.04. The predicted molar refractivity (Wildman–Crippen MR) is 71.1 cm³/mol. The second kappa shape index (κ2) is 5.52. The van der Waals surface area contributed by atoms with Crippen LogP contribution in [-0.4, -0.2) is 24.8 Å². The fourth-order valence-electron chi connectivity index (χ4n) is 2.75. The largest absolute Gasteiger partial charge is 0.396 e. The Labute approximate surface area is 103 Å². The Hall–Kier alpha value is -1.06. The van der Waals surface area contributed by atoms with Crippen LogP contribution in [0.1, 0.15) is 24.0 Å². The van der Waals surface area contributed by atoms with E-state index in [9.17, 15) is 5.11 Å². The quantitative estimate of drug-likeness (QED) is 0.836. The number of aliphatic hydroxyl groups excluding tert-OH is 1. The Balaban J connectivity index is 2.26. The highest BCUT2D eigenvalue weighted by molar-refractivity contribution is 5.59. The number of piperidine rings is 1. The molecule has 1 aromatic carbocycles. The number of hydrogen-bond acceptors (Lipinski definition) is 3. The summed E-state index contributed by atoms with van der Waals surface area (Å²) in [5.74, 6) is 0.411. The van der Waals surface area contributed by atoms with Gasteiger partial charge in [-0.2, -0.15) is 0 Å². The van der Waals surface area contributed by atoms with Crippen LogP contribution >= 0.6 is 0 Å². The minimum Gasteiger partial charge on any atom is -0.396 e. The van der Waals surface area contributed by atoms with E-state index in [1.165, 1.54) is 16.8 Å². The molecule has 0 amide bonds. The zero-order chi connectivity index (χ0) is 12.3. The van der Waals surface area contributed by atoms with Crippen LogP contribution in [0.4, 0.5) is 5.69 Å². The molecule has 2 rings (SSSR count). The van der Waals surface area contributed by atoms with E-state index in [0.29, 0.717) is 19.1 Å². The Morgan fingerprint density at radius 3 is 3.00 bits per heavy atom. The first-order valence-electron chi connectivity index (χ1n) is 6.40. The molecule has 1 fully saturated rings. The second-order valence-electron chi connectivity index (χ2n) is 4.92. The Morgan fingerprint density at radius 1 is 1.47 bits per heavy atom. The summed E-state index contributed by atoms with van der Waals surface area (Å²) < 4.78 is 0. The lowest BCUT2D eigenvalue weighted by atomic mass is 9.96. The maximum Gasteiger partial charge on any atom is 0.0476 e. The third-order valence-corrected chi connectivity index (χ3v) is 3.63. The summed E-state index contributed by atoms with van der Waals surface area (Å²) >= 11 is 0. The molecule has 1 unspecified atom stereocenters. The highest BCUT2D eigenvalue weighted by atomic mass is 16.3. The first-order chi connectivity index (χ1) is 8.26. The molecule has 0 spiro atoms. The normalized spacial score (nSPS) is 20.6. The van der Waals surface area contributed by atoms with Crippen LogP contribution in [-0.2, 0) is 6.54 Å². The highest BCUT2D eigenvalue weighted by Crippen LogP contribution is 2.29. The molecule has 3 heteroatoms. The zero-order valence-corrected chi connectivity index (χ0v) is 10.5. The van der Waals surface area contributed by atoms with Crippen LogP contribution in [0.2, 0.25) is 0 Å². The number of aliphatic hydroxyl groups is 1. The summed E-state index contributed by atoms with van der Waals surface area (Å²) in [4.78, 5) is 2.39. The summed E-state index contributed by atoms with van der Waals surface area (Å²) in [7, 11) is 0. The van der Waals surface area contributed by atoms with E-state index in [2.05, 4.69) is 30.0 Å². The van der Waals surface area contributed by atoms with Crippen molar-refractivity contribution in [2.75, 3.05) is 24.6 Å². The molecule has 3 N–H and O–H groups in total. The van der Waals surface area contributed by atoms with Gasteiger partial charge in [0.1, 0.15) is 0 Å². The van der Waals surface area contributed by atoms with Crippen molar-refractivity contribution in [3.63, 3.8) is 0 Å². The smallest absolute Gasteiger partial charge is 0.0476 e. The highest BCUT2D eigenvalue weighted by Gasteiger charge is 2.21. The van der Waals surface area contributed by atoms with Gasteiger partial charge < -0.3 is 15.7 Å². The van der Waals surface area contributed by atoms with Gasteiger partial charge in [-0.05, 0) is 36.8 Å². The molecule has 1 saturated heterocycles. The van der Waals surface area contributed by atoms with Crippen LogP contribution in [0.25, 0.3) is 0 Å². The van der Waals surface area contributed by atoms with Crippen molar-refractivity contribution in [3.05, 3.63) is 29.3 Å². The van der Waals surface area contributed by atoms with Gasteiger partial charge in [-0.15, -0.1) is 0 Å². The second-order valence-corrected chi connectivity index (χ2v) is 4.92. The lowest BCUT2D eigenvalue weighted by molar-refractivity contribution is 0.208. The minimum atomic E-state index is 0.292. The average molecular weight is 234 g/mol. The monoisotopic (exact) mass is 234 g/mol. The summed E-state index contributed by atoms with van der Waals surface area (Å²) in [6, 6.07) is 6.30. The fraction of sp³-hybridized carbons (Fsp3) is 0.571. The van der Waals surface area contributed by atoms with Crippen molar-refractivity contribution in [2.45, 2.75) is 26.3 Å². The van der Waals surface area contributed by atoms with E-state index in [-0.39, 0.29) is 0 Å². The number of hydrogen-bond donors (Lipinski definition) is 2. The molecule has 0 bridgehead atoms. The van der Waals surface area contributed by atoms with Crippen molar-refractivity contribution in [2.24, 2.45) is 11.7 Å². The number of aryl methyl sites for hydroxylation is 1. The lowest BCUT2D eigenvalue weighted by Crippen LogP contribution is -2.37. The molecule has 94 valence electrons. The molecule has 1 heterocycles. The third-order valence-electron chi connectivity index (χ3n) is 3.63. The van der Waals surface area contributed by atoms with Crippen LogP contribution in [0.3, 0.4) is 0 Å². The maximum absolute atomic E-state index is 9.30. The van der Waals surface area contributed by atoms with Crippen LogP contribution in [0.15, 0.2) is 18.2 Å². The molecular weight excluding hydrogens is 212 g/mol. The standard InChI is InChI=1S/C14H22N2O/c1-11-4-2-6-13(8-15)14(11)16-7-3-5-12(9-16)10-17/h2,4,6,12,17H,3,5,7-10,15H2,1H3. The Kier molecular flexibility index (Phi) is 4.02. The zero-order valence-electron chi connectivity index (χ0n) is 10.5. The first-order valence-corrected chi connectivity index (χ1v) is 6.40. The van der Waals surface area contributed by atoms with E-state index in [1.54, 1.807) is 0 Å². The van der Waals surface area contributed by atoms with Crippen LogP contribution in [0, 0.1) is 12.8 Å². The van der Waals surface area contributed by atoms with Gasteiger partial charge in [0, 0.05) is 31.9 Å². The van der Waals surface area contributed by atoms with Gasteiger partial charge in [-0.3, -0.25) is 0 Å². The van der Waals surface area contributed by atoms with Crippen LogP contribution < -0.4 is 10.6 Å². The lowest BCUT2D eigenvalue weighted by Gasteiger charge is -2.35. The average Bonchev–Trinajstić information content (AvgIpc) is 2.38. The maximum atomic E-state index is 9.30. The molecule has 0 saturated carbocycles. The molecule has 1 aromatic rings. The summed E-state index contributed by atoms with van der Waals surface area (Å²) in [6.07, 6.45) is 2.29. The first kappa shape index (κ1) is 12.4. The van der Waals surface area contributed by atoms with Crippen molar-refractivity contribution >= 4 is 5.69 Å². The number of nitrogens with zero attached hydrogens (tertiary/aromatic N) is 1. The third kappa shape index (κ3) is 2.61. The van der Waals surface area contributed by atoms with Gasteiger partial charge in [0.2, 0.25) is 0 Å². The van der Waals surface area contributed by atoms with E-state index in [4.69, 9.17) is 5.73 Å². The molecule has 1 atom stereocenters. The molecule has 0 aliphatic carbocycles. The number of anilines is 1. The van der Waals surface area contributed by atoms with Gasteiger partial charge in [-0.1, -0.05) is 18.2 Å². The van der Waals surface area contributed by atoms with E-state index in [1.807, 2.05) is 0 Å². The topological polar surface area (TPSA) is 49.5 Å². The van der Waals surface area contributed by atoms with Crippen molar-refractivity contribution in [1.29, 1.82) is 0 Å². The molecule has 1 aliphatic rings. The number of benzene rings is 1. The van der Waals surface area contributed by atoms with Gasteiger partial charge in [0.25, 0.3) is 0 Å². The van der Waals surface area contributed by atoms with Crippen molar-refractivity contribution < 1.29 is 5.11 Å². The fourth-order valence-corrected chi connectivity index (χ4v) is 2.75. The van der Waals surface area contributed by atoms with E-state index in [0.717, 1.165) is 25.9 Å². The number of para-hydroxylation sites is 1. The SMILES string of the molecule is Cc1cccc(CN)c1N1CCCC(CO)C1. The molecule has 17 heavy (non-hydrogen) atoms. The summed E-state index contributed by atoms with van der Waals surface area (Å²) in [5.41, 5.74) is 9.60. The predicted octanol–water partition coefficient (Wildman–Crippen LogP) is 1.66. The molecular formula is C14H22N2O. The van der Waals surface area contributed by atoms with Gasteiger partial charge in [-0.25, -0.2) is 0 Å². The van der Waals surface area contributed by atoms with Gasteiger partial charge in [0.15, 0.2) is 0 Å². The molecule has 0 aromatic heterocycles. The molecule has 1 aliphatic heterocycles. The Morgan fingerprint density at radius 2 is 2.29 bits per heavy atom. The van der Waals surface area contributed by atoms with Gasteiger partial charge in [0.05, 0.1) is 0 Å². The van der Waals surface area contributed by atoms with E-state index >= 15 is 0 Å². The van der Waals surface area contributed by atoms with E-state index < -0.39 is 0 Å². The van der Waals surface area contributed by atoms with Gasteiger partial charge >= 0.3 is 0 Å². The van der Waals surface area contributed by atoms with Crippen molar-refractivity contribution in [1.82, 2.24) is 0 Å². The van der Waals surface area contributed by atoms with Crippen LogP contribution in [0.5, 0.6) is 0 Å². The number of nitrogens with two attached hydrogens (primary N) is 1. The molecule has 3 nitrogen and oxygen atoms in total. The minimum absolute atomic E-state index is 0.292. The summed E-state index contributed by atoms with van der Waals surface area (Å²) in [5, 5.41) is 9.30. The van der Waals surface area contributed by atoms with Crippen molar-refractivity contribution in [3.8, 4) is 0 Å². The Bertz CT molecular complexity index is 378. The molecule has 0 radical (unpaired) electrons.